The molecule has 4 heterocycles. The second kappa shape index (κ2) is 10.4. The van der Waals surface area contributed by atoms with Crippen molar-refractivity contribution in [2.75, 3.05) is 44.2 Å². The number of hydrogen-bond acceptors (Lipinski definition) is 8. The molecule has 3 fully saturated rings. The predicted octanol–water partition coefficient (Wildman–Crippen LogP) is 1.55. The van der Waals surface area contributed by atoms with Crippen LogP contribution in [0.15, 0.2) is 18.2 Å². The number of carbonyl (C=O) groups is 2. The lowest BCUT2D eigenvalue weighted by Crippen LogP contribution is -2.56. The highest BCUT2D eigenvalue weighted by Crippen LogP contribution is 2.33. The number of fused-ring (bicyclic) bond motifs is 1. The SMILES string of the molecule is CC(C)(C)OC(=O)N1CCN(C2CCN(c3ccc4c(c3)CN(C3CCC(O)NC3O)C4=O)CC2)CC1. The maximum absolute atomic E-state index is 13.0. The van der Waals surface area contributed by atoms with E-state index in [2.05, 4.69) is 21.2 Å². The van der Waals surface area contributed by atoms with Crippen molar-refractivity contribution < 1.29 is 24.5 Å². The quantitative estimate of drug-likeness (QED) is 0.557. The van der Waals surface area contributed by atoms with E-state index in [1.165, 1.54) is 0 Å². The number of rotatable bonds is 3. The minimum Gasteiger partial charge on any atom is -0.444 e. The number of aliphatic hydroxyl groups is 2. The maximum atomic E-state index is 13.0. The molecule has 0 saturated carbocycles. The van der Waals surface area contributed by atoms with Gasteiger partial charge in [-0.25, -0.2) is 4.79 Å². The van der Waals surface area contributed by atoms with Crippen LogP contribution in [0.25, 0.3) is 0 Å². The summed E-state index contributed by atoms with van der Waals surface area (Å²) in [5, 5.41) is 22.8. The van der Waals surface area contributed by atoms with E-state index in [1.807, 2.05) is 37.8 Å². The highest BCUT2D eigenvalue weighted by Gasteiger charge is 2.39. The second-order valence-electron chi connectivity index (χ2n) is 11.8. The second-order valence-corrected chi connectivity index (χ2v) is 11.8. The van der Waals surface area contributed by atoms with Crippen LogP contribution in [-0.2, 0) is 11.3 Å². The van der Waals surface area contributed by atoms with Gasteiger partial charge in [0.15, 0.2) is 0 Å². The van der Waals surface area contributed by atoms with Gasteiger partial charge in [0, 0.05) is 63.1 Å². The molecule has 0 aliphatic carbocycles. The van der Waals surface area contributed by atoms with Crippen LogP contribution in [0.1, 0.15) is 62.4 Å². The molecule has 10 nitrogen and oxygen atoms in total. The van der Waals surface area contributed by atoms with Crippen molar-refractivity contribution in [3.8, 4) is 0 Å². The molecular weight excluding hydrogens is 474 g/mol. The van der Waals surface area contributed by atoms with Gasteiger partial charge < -0.3 is 29.6 Å². The molecule has 4 aliphatic heterocycles. The number of carbonyl (C=O) groups excluding carboxylic acids is 2. The van der Waals surface area contributed by atoms with Crippen LogP contribution in [-0.4, -0.2) is 106 Å². The molecule has 0 bridgehead atoms. The summed E-state index contributed by atoms with van der Waals surface area (Å²) < 4.78 is 5.52. The Hall–Kier alpha value is -2.40. The van der Waals surface area contributed by atoms with Crippen LogP contribution in [0.4, 0.5) is 10.5 Å². The van der Waals surface area contributed by atoms with E-state index in [0.29, 0.717) is 44.1 Å². The zero-order valence-corrected chi connectivity index (χ0v) is 22.2. The number of ether oxygens (including phenoxy) is 1. The van der Waals surface area contributed by atoms with Gasteiger partial charge in [-0.15, -0.1) is 0 Å². The number of hydrogen-bond donors (Lipinski definition) is 3. The number of aliphatic hydroxyl groups excluding tert-OH is 2. The standard InChI is InChI=1S/C27H41N5O5/c1-27(2,3)37-26(36)31-14-12-30(13-15-31)19-8-10-29(11-9-19)20-4-5-21-18(16-20)17-32(25(21)35)22-6-7-23(33)28-24(22)34/h4-5,16,19,22-24,28,33-34H,6-15,17H2,1-3H3. The molecule has 3 N–H and O–H groups in total. The fraction of sp³-hybridized carbons (Fsp3) is 0.704. The molecule has 1 aromatic rings. The van der Waals surface area contributed by atoms with Gasteiger partial charge in [-0.3, -0.25) is 15.0 Å². The molecule has 3 atom stereocenters. The average molecular weight is 516 g/mol. The summed E-state index contributed by atoms with van der Waals surface area (Å²) in [6, 6.07) is 6.27. The number of nitrogens with one attached hydrogen (secondary N) is 1. The van der Waals surface area contributed by atoms with E-state index in [1.54, 1.807) is 4.90 Å². The lowest BCUT2D eigenvalue weighted by Gasteiger charge is -2.43. The molecule has 0 radical (unpaired) electrons. The Kier molecular flexibility index (Phi) is 7.37. The number of nitrogens with zero attached hydrogens (tertiary/aromatic N) is 4. The Morgan fingerprint density at radius 2 is 1.70 bits per heavy atom. The molecule has 1 aromatic carbocycles. The van der Waals surface area contributed by atoms with E-state index in [0.717, 1.165) is 50.3 Å². The molecule has 0 aromatic heterocycles. The Morgan fingerprint density at radius 1 is 1.00 bits per heavy atom. The molecular formula is C27H41N5O5. The first-order chi connectivity index (χ1) is 17.6. The summed E-state index contributed by atoms with van der Waals surface area (Å²) >= 11 is 0. The summed E-state index contributed by atoms with van der Waals surface area (Å²) in [5.41, 5.74) is 2.38. The fourth-order valence-corrected chi connectivity index (χ4v) is 6.08. The van der Waals surface area contributed by atoms with Crippen LogP contribution in [0.5, 0.6) is 0 Å². The molecule has 3 unspecified atom stereocenters. The molecule has 4 aliphatic rings. The first-order valence-electron chi connectivity index (χ1n) is 13.6. The highest BCUT2D eigenvalue weighted by atomic mass is 16.6. The van der Waals surface area contributed by atoms with Gasteiger partial charge >= 0.3 is 6.09 Å². The first kappa shape index (κ1) is 26.2. The number of benzene rings is 1. The molecule has 0 spiro atoms. The third kappa shape index (κ3) is 5.72. The van der Waals surface area contributed by atoms with E-state index in [-0.39, 0.29) is 18.0 Å². The van der Waals surface area contributed by atoms with Crippen LogP contribution in [0.3, 0.4) is 0 Å². The van der Waals surface area contributed by atoms with Crippen LogP contribution in [0, 0.1) is 0 Å². The Morgan fingerprint density at radius 3 is 2.35 bits per heavy atom. The van der Waals surface area contributed by atoms with Crippen LogP contribution >= 0.6 is 0 Å². The first-order valence-corrected chi connectivity index (χ1v) is 13.6. The number of anilines is 1. The fourth-order valence-electron chi connectivity index (χ4n) is 6.08. The van der Waals surface area contributed by atoms with Gasteiger partial charge in [-0.05, 0) is 70.2 Å². The lowest BCUT2D eigenvalue weighted by atomic mass is 10.0. The smallest absolute Gasteiger partial charge is 0.410 e. The Labute approximate surface area is 219 Å². The minimum absolute atomic E-state index is 0.0481. The largest absolute Gasteiger partial charge is 0.444 e. The van der Waals surface area contributed by atoms with Gasteiger partial charge in [-0.2, -0.15) is 0 Å². The van der Waals surface area contributed by atoms with Crippen molar-refractivity contribution in [2.24, 2.45) is 0 Å². The van der Waals surface area contributed by atoms with Crippen molar-refractivity contribution in [2.45, 2.75) is 83.1 Å². The Bertz CT molecular complexity index is 997. The molecule has 204 valence electrons. The highest BCUT2D eigenvalue weighted by molar-refractivity contribution is 5.99. The molecule has 37 heavy (non-hydrogen) atoms. The third-order valence-electron chi connectivity index (χ3n) is 8.10. The van der Waals surface area contributed by atoms with E-state index >= 15 is 0 Å². The Balaban J connectivity index is 1.13. The molecule has 5 rings (SSSR count). The molecule has 2 amide bonds. The van der Waals surface area contributed by atoms with Crippen LogP contribution in [0.2, 0.25) is 0 Å². The average Bonchev–Trinajstić information content (AvgIpc) is 3.18. The van der Waals surface area contributed by atoms with E-state index in [4.69, 9.17) is 4.74 Å². The van der Waals surface area contributed by atoms with Crippen molar-refractivity contribution >= 4 is 17.7 Å². The zero-order valence-electron chi connectivity index (χ0n) is 22.2. The number of amides is 2. The zero-order chi connectivity index (χ0) is 26.3. The normalized spacial score (nSPS) is 28.0. The number of piperazine rings is 1. The number of piperidine rings is 2. The van der Waals surface area contributed by atoms with Crippen molar-refractivity contribution in [1.29, 1.82) is 0 Å². The van der Waals surface area contributed by atoms with Gasteiger partial charge in [0.1, 0.15) is 18.1 Å². The van der Waals surface area contributed by atoms with Gasteiger partial charge in [0.05, 0.1) is 6.04 Å². The van der Waals surface area contributed by atoms with Crippen LogP contribution < -0.4 is 10.2 Å². The van der Waals surface area contributed by atoms with Crippen molar-refractivity contribution in [1.82, 2.24) is 20.0 Å². The van der Waals surface area contributed by atoms with Crippen molar-refractivity contribution in [3.63, 3.8) is 0 Å². The molecule has 3 saturated heterocycles. The van der Waals surface area contributed by atoms with Gasteiger partial charge in [-0.1, -0.05) is 0 Å². The third-order valence-corrected chi connectivity index (χ3v) is 8.10. The molecule has 10 heteroatoms. The topological polar surface area (TPSA) is 109 Å². The van der Waals surface area contributed by atoms with Gasteiger partial charge in [0.25, 0.3) is 5.91 Å². The minimum atomic E-state index is -0.925. The monoisotopic (exact) mass is 515 g/mol. The van der Waals surface area contributed by atoms with Gasteiger partial charge in [0.2, 0.25) is 0 Å². The summed E-state index contributed by atoms with van der Waals surface area (Å²) in [5.74, 6) is -0.0481. The summed E-state index contributed by atoms with van der Waals surface area (Å²) in [7, 11) is 0. The summed E-state index contributed by atoms with van der Waals surface area (Å²) in [6.45, 7) is 11.2. The summed E-state index contributed by atoms with van der Waals surface area (Å²) in [4.78, 5) is 33.9. The van der Waals surface area contributed by atoms with E-state index in [9.17, 15) is 19.8 Å². The maximum Gasteiger partial charge on any atom is 0.410 e. The van der Waals surface area contributed by atoms with Crippen molar-refractivity contribution in [3.05, 3.63) is 29.3 Å². The van der Waals surface area contributed by atoms with E-state index < -0.39 is 18.1 Å². The summed E-state index contributed by atoms with van der Waals surface area (Å²) in [6.07, 6.45) is 1.34. The predicted molar refractivity (Wildman–Crippen MR) is 139 cm³/mol. The lowest BCUT2D eigenvalue weighted by molar-refractivity contribution is -0.0477.